The Morgan fingerprint density at radius 3 is 2.88 bits per heavy atom. The fourth-order valence-corrected chi connectivity index (χ4v) is 1.02. The zero-order valence-electron chi connectivity index (χ0n) is 7.94. The number of nitriles is 1. The van der Waals surface area contributed by atoms with Crippen molar-refractivity contribution in [3.05, 3.63) is 39.7 Å². The Bertz CT molecular complexity index is 481. The van der Waals surface area contributed by atoms with Crippen LogP contribution in [0.15, 0.2) is 18.2 Å². The Morgan fingerprint density at radius 1 is 1.62 bits per heavy atom. The third kappa shape index (κ3) is 2.51. The van der Waals surface area contributed by atoms with Gasteiger partial charge in [-0.25, -0.2) is 4.39 Å². The predicted octanol–water partition coefficient (Wildman–Crippen LogP) is 0.987. The van der Waals surface area contributed by atoms with Gasteiger partial charge in [0.05, 0.1) is 16.6 Å². The molecule has 1 rings (SSSR count). The minimum Gasteiger partial charge on any atom is -0.339 e. The Morgan fingerprint density at radius 2 is 2.31 bits per heavy atom. The number of nitro benzene ring substituents is 1. The minimum absolute atomic E-state index is 0.291. The molecule has 1 N–H and O–H groups in total. The second-order valence-electron chi connectivity index (χ2n) is 2.76. The van der Waals surface area contributed by atoms with Gasteiger partial charge in [0.15, 0.2) is 0 Å². The molecule has 1 aromatic carbocycles. The number of non-ortho nitro benzene ring substituents is 1. The maximum Gasteiger partial charge on any atom is 0.270 e. The first kappa shape index (κ1) is 11.6. The van der Waals surface area contributed by atoms with Crippen molar-refractivity contribution in [3.8, 4) is 6.07 Å². The van der Waals surface area contributed by atoms with Crippen molar-refractivity contribution >= 4 is 11.6 Å². The second-order valence-corrected chi connectivity index (χ2v) is 2.76. The Kier molecular flexibility index (Phi) is 3.50. The smallest absolute Gasteiger partial charge is 0.270 e. The van der Waals surface area contributed by atoms with Crippen molar-refractivity contribution in [2.45, 2.75) is 0 Å². The average Bonchev–Trinajstić information content (AvgIpc) is 2.26. The van der Waals surface area contributed by atoms with Crippen LogP contribution >= 0.6 is 0 Å². The van der Waals surface area contributed by atoms with Gasteiger partial charge < -0.3 is 5.32 Å². The summed E-state index contributed by atoms with van der Waals surface area (Å²) in [5.74, 6) is -1.73. The zero-order valence-corrected chi connectivity index (χ0v) is 7.94. The first-order chi connectivity index (χ1) is 7.56. The van der Waals surface area contributed by atoms with E-state index < -0.39 is 22.2 Å². The number of carbonyl (C=O) groups excluding carboxylic acids is 1. The molecule has 7 heteroatoms. The number of hydrogen-bond acceptors (Lipinski definition) is 4. The largest absolute Gasteiger partial charge is 0.339 e. The summed E-state index contributed by atoms with van der Waals surface area (Å²) in [6.45, 7) is -0.291. The number of carbonyl (C=O) groups is 1. The van der Waals surface area contributed by atoms with Crippen LogP contribution in [0.2, 0.25) is 0 Å². The van der Waals surface area contributed by atoms with Crippen LogP contribution < -0.4 is 5.32 Å². The molecule has 0 aliphatic carbocycles. The zero-order chi connectivity index (χ0) is 12.1. The molecule has 0 aliphatic rings. The molecule has 0 aliphatic heterocycles. The lowest BCUT2D eigenvalue weighted by molar-refractivity contribution is -0.384. The van der Waals surface area contributed by atoms with Crippen LogP contribution in [0.25, 0.3) is 0 Å². The summed E-state index contributed by atoms with van der Waals surface area (Å²) in [4.78, 5) is 20.9. The van der Waals surface area contributed by atoms with E-state index in [0.29, 0.717) is 0 Å². The quantitative estimate of drug-likeness (QED) is 0.469. The third-order valence-corrected chi connectivity index (χ3v) is 1.73. The van der Waals surface area contributed by atoms with Gasteiger partial charge in [0.2, 0.25) is 0 Å². The predicted molar refractivity (Wildman–Crippen MR) is 51.0 cm³/mol. The number of nitrogens with zero attached hydrogens (tertiary/aromatic N) is 2. The topological polar surface area (TPSA) is 96.0 Å². The Labute approximate surface area is 89.4 Å². The van der Waals surface area contributed by atoms with Gasteiger partial charge in [-0.3, -0.25) is 14.9 Å². The standard InChI is InChI=1S/C9H6FN3O3/c10-8-2-1-6(13(15)16)5-7(8)9(14)12-4-3-11/h1-2,5H,4H2,(H,12,14). The summed E-state index contributed by atoms with van der Waals surface area (Å²) < 4.78 is 13.1. The number of amides is 1. The molecule has 1 aromatic rings. The Hall–Kier alpha value is -2.49. The molecule has 0 saturated carbocycles. The van der Waals surface area contributed by atoms with Crippen molar-refractivity contribution in [3.63, 3.8) is 0 Å². The second kappa shape index (κ2) is 4.84. The van der Waals surface area contributed by atoms with Gasteiger partial charge in [0.1, 0.15) is 12.4 Å². The van der Waals surface area contributed by atoms with E-state index >= 15 is 0 Å². The lowest BCUT2D eigenvalue weighted by Crippen LogP contribution is -2.24. The lowest BCUT2D eigenvalue weighted by Gasteiger charge is -2.02. The van der Waals surface area contributed by atoms with Gasteiger partial charge >= 0.3 is 0 Å². The van der Waals surface area contributed by atoms with Gasteiger partial charge in [0.25, 0.3) is 11.6 Å². The molecule has 16 heavy (non-hydrogen) atoms. The van der Waals surface area contributed by atoms with E-state index in [0.717, 1.165) is 18.2 Å². The molecule has 0 atom stereocenters. The van der Waals surface area contributed by atoms with E-state index in [4.69, 9.17) is 5.26 Å². The van der Waals surface area contributed by atoms with Gasteiger partial charge in [0, 0.05) is 12.1 Å². The highest BCUT2D eigenvalue weighted by atomic mass is 19.1. The summed E-state index contributed by atoms with van der Waals surface area (Å²) in [6.07, 6.45) is 0. The Balaban J connectivity index is 3.03. The van der Waals surface area contributed by atoms with Gasteiger partial charge in [-0.1, -0.05) is 0 Å². The van der Waals surface area contributed by atoms with E-state index in [1.807, 2.05) is 0 Å². The van der Waals surface area contributed by atoms with Crippen molar-refractivity contribution in [2.24, 2.45) is 0 Å². The van der Waals surface area contributed by atoms with Gasteiger partial charge in [-0.05, 0) is 6.07 Å². The number of nitrogens with one attached hydrogen (secondary N) is 1. The summed E-state index contributed by atoms with van der Waals surface area (Å²) in [5.41, 5.74) is -0.840. The van der Waals surface area contributed by atoms with Crippen LogP contribution in [-0.4, -0.2) is 17.4 Å². The van der Waals surface area contributed by atoms with Crippen molar-refractivity contribution in [1.29, 1.82) is 5.26 Å². The fraction of sp³-hybridized carbons (Fsp3) is 0.111. The molecule has 0 saturated heterocycles. The molecule has 1 amide bonds. The summed E-state index contributed by atoms with van der Waals surface area (Å²) in [5, 5.41) is 20.7. The molecule has 6 nitrogen and oxygen atoms in total. The van der Waals surface area contributed by atoms with Gasteiger partial charge in [-0.15, -0.1) is 0 Å². The molecule has 0 bridgehead atoms. The number of hydrogen-bond donors (Lipinski definition) is 1. The maximum atomic E-state index is 13.1. The highest BCUT2D eigenvalue weighted by Crippen LogP contribution is 2.16. The fourth-order valence-electron chi connectivity index (χ4n) is 1.02. The maximum absolute atomic E-state index is 13.1. The molecule has 0 heterocycles. The highest BCUT2D eigenvalue weighted by Gasteiger charge is 2.16. The number of halogens is 1. The SMILES string of the molecule is N#CCNC(=O)c1cc([N+](=O)[O-])ccc1F. The third-order valence-electron chi connectivity index (χ3n) is 1.73. The molecular weight excluding hydrogens is 217 g/mol. The van der Waals surface area contributed by atoms with Crippen LogP contribution in [-0.2, 0) is 0 Å². The number of rotatable bonds is 3. The average molecular weight is 223 g/mol. The van der Waals surface area contributed by atoms with Crippen molar-refractivity contribution in [1.82, 2.24) is 5.32 Å². The molecule has 0 aromatic heterocycles. The van der Waals surface area contributed by atoms with E-state index in [1.54, 1.807) is 6.07 Å². The molecule has 0 spiro atoms. The molecular formula is C9H6FN3O3. The van der Waals surface area contributed by atoms with Gasteiger partial charge in [-0.2, -0.15) is 5.26 Å². The normalized spacial score (nSPS) is 9.25. The van der Waals surface area contributed by atoms with E-state index in [9.17, 15) is 19.3 Å². The van der Waals surface area contributed by atoms with Crippen LogP contribution in [0.3, 0.4) is 0 Å². The van der Waals surface area contributed by atoms with Crippen LogP contribution in [0.1, 0.15) is 10.4 Å². The number of benzene rings is 1. The van der Waals surface area contributed by atoms with Crippen LogP contribution in [0.4, 0.5) is 10.1 Å². The molecule has 0 unspecified atom stereocenters. The summed E-state index contributed by atoms with van der Waals surface area (Å²) in [7, 11) is 0. The molecule has 0 fully saturated rings. The van der Waals surface area contributed by atoms with E-state index in [1.165, 1.54) is 0 Å². The van der Waals surface area contributed by atoms with Crippen LogP contribution in [0.5, 0.6) is 0 Å². The van der Waals surface area contributed by atoms with E-state index in [2.05, 4.69) is 5.32 Å². The van der Waals surface area contributed by atoms with Crippen molar-refractivity contribution in [2.75, 3.05) is 6.54 Å². The monoisotopic (exact) mass is 223 g/mol. The first-order valence-corrected chi connectivity index (χ1v) is 4.15. The lowest BCUT2D eigenvalue weighted by atomic mass is 10.2. The van der Waals surface area contributed by atoms with Crippen LogP contribution in [0, 0.1) is 27.3 Å². The number of nitro groups is 1. The summed E-state index contributed by atoms with van der Waals surface area (Å²) >= 11 is 0. The minimum atomic E-state index is -0.874. The first-order valence-electron chi connectivity index (χ1n) is 4.15. The molecule has 0 radical (unpaired) electrons. The molecule has 82 valence electrons. The highest BCUT2D eigenvalue weighted by molar-refractivity contribution is 5.95. The van der Waals surface area contributed by atoms with E-state index in [-0.39, 0.29) is 12.2 Å². The summed E-state index contributed by atoms with van der Waals surface area (Å²) in [6, 6.07) is 4.25. The van der Waals surface area contributed by atoms with Crippen molar-refractivity contribution < 1.29 is 14.1 Å².